The highest BCUT2D eigenvalue weighted by Gasteiger charge is 2.33. The number of aliphatic hydroxyl groups is 1. The molecule has 0 bridgehead atoms. The van der Waals surface area contributed by atoms with E-state index < -0.39 is 13.2 Å². The van der Waals surface area contributed by atoms with Crippen LogP contribution in [-0.4, -0.2) is 28.9 Å². The maximum absolute atomic E-state index is 11.2. The van der Waals surface area contributed by atoms with Gasteiger partial charge in [-0.25, -0.2) is 0 Å². The molecule has 2 N–H and O–H groups in total. The largest absolute Gasteiger partial charge is 0.385 e. The summed E-state index contributed by atoms with van der Waals surface area (Å²) in [4.78, 5) is 9.16. The second kappa shape index (κ2) is 3.76. The van der Waals surface area contributed by atoms with Crippen LogP contribution in [0.2, 0.25) is 0 Å². The van der Waals surface area contributed by atoms with E-state index in [0.29, 0.717) is 6.42 Å². The first-order valence-electron chi connectivity index (χ1n) is 3.92. The molecule has 4 nitrogen and oxygen atoms in total. The molecule has 0 saturated carbocycles. The van der Waals surface area contributed by atoms with Crippen molar-refractivity contribution in [1.29, 1.82) is 0 Å². The van der Waals surface area contributed by atoms with Gasteiger partial charge in [0.1, 0.15) is 0 Å². The van der Waals surface area contributed by atoms with Crippen molar-refractivity contribution in [3.8, 4) is 0 Å². The first-order valence-corrected chi connectivity index (χ1v) is 5.68. The van der Waals surface area contributed by atoms with Crippen molar-refractivity contribution in [2.45, 2.75) is 12.0 Å². The van der Waals surface area contributed by atoms with Gasteiger partial charge in [0.05, 0.1) is 11.8 Å². The molecule has 74 valence electrons. The van der Waals surface area contributed by atoms with Crippen molar-refractivity contribution in [2.24, 2.45) is 0 Å². The Morgan fingerprint density at radius 2 is 2.31 bits per heavy atom. The van der Waals surface area contributed by atoms with Gasteiger partial charge in [0.25, 0.3) is 0 Å². The van der Waals surface area contributed by atoms with E-state index >= 15 is 0 Å². The van der Waals surface area contributed by atoms with Crippen LogP contribution in [0.1, 0.15) is 6.42 Å². The fourth-order valence-corrected chi connectivity index (χ4v) is 2.24. The molecule has 2 unspecified atom stereocenters. The fraction of sp³-hybridized carbons (Fsp3) is 0.500. The Kier molecular flexibility index (Phi) is 3.09. The molecule has 1 rings (SSSR count). The molecule has 5 heteroatoms. The summed E-state index contributed by atoms with van der Waals surface area (Å²) in [6.07, 6.45) is 6.77. The van der Waals surface area contributed by atoms with Crippen LogP contribution >= 0.6 is 7.60 Å². The first kappa shape index (κ1) is 10.7. The number of rotatable bonds is 3. The lowest BCUT2D eigenvalue weighted by molar-refractivity contribution is 0.109. The lowest BCUT2D eigenvalue weighted by atomic mass is 9.98. The molecule has 0 radical (unpaired) electrons. The molecule has 0 saturated heterocycles. The zero-order valence-corrected chi connectivity index (χ0v) is 8.28. The molecule has 0 amide bonds. The second-order valence-corrected chi connectivity index (χ2v) is 5.03. The minimum absolute atomic E-state index is 0.267. The monoisotopic (exact) mass is 204 g/mol. The zero-order chi connectivity index (χ0) is 9.95. The van der Waals surface area contributed by atoms with Gasteiger partial charge in [0.2, 0.25) is 0 Å². The summed E-state index contributed by atoms with van der Waals surface area (Å²) in [6, 6.07) is 0. The van der Waals surface area contributed by atoms with Crippen molar-refractivity contribution in [1.82, 2.24) is 0 Å². The Bertz CT molecular complexity index is 284. The summed E-state index contributed by atoms with van der Waals surface area (Å²) in [5.74, 6) is 0. The average Bonchev–Trinajstić information content (AvgIpc) is 2.04. The van der Waals surface area contributed by atoms with Gasteiger partial charge in [-0.1, -0.05) is 24.3 Å². The summed E-state index contributed by atoms with van der Waals surface area (Å²) >= 11 is 0. The summed E-state index contributed by atoms with van der Waals surface area (Å²) in [5.41, 5.74) is -1.24. The Morgan fingerprint density at radius 1 is 1.62 bits per heavy atom. The molecular weight excluding hydrogens is 191 g/mol. The van der Waals surface area contributed by atoms with Crippen LogP contribution in [0, 0.1) is 0 Å². The molecule has 0 aromatic rings. The van der Waals surface area contributed by atoms with Crippen LogP contribution in [0.4, 0.5) is 0 Å². The molecule has 0 aromatic carbocycles. The molecule has 2 atom stereocenters. The predicted octanol–water partition coefficient (Wildman–Crippen LogP) is 1.07. The fourth-order valence-electron chi connectivity index (χ4n) is 1.18. The van der Waals surface area contributed by atoms with Gasteiger partial charge in [-0.2, -0.15) is 0 Å². The quantitative estimate of drug-likeness (QED) is 0.674. The first-order chi connectivity index (χ1) is 5.97. The SMILES string of the molecule is COP(=O)(O)CC1(O)C=CC=CC1. The Balaban J connectivity index is 2.68. The zero-order valence-electron chi connectivity index (χ0n) is 7.38. The van der Waals surface area contributed by atoms with Crippen molar-refractivity contribution < 1.29 is 19.1 Å². The molecule has 13 heavy (non-hydrogen) atoms. The highest BCUT2D eigenvalue weighted by atomic mass is 31.2. The highest BCUT2D eigenvalue weighted by Crippen LogP contribution is 2.45. The molecule has 0 spiro atoms. The third kappa shape index (κ3) is 3.08. The van der Waals surface area contributed by atoms with Gasteiger partial charge in [-0.05, 0) is 6.42 Å². The van der Waals surface area contributed by atoms with Crippen molar-refractivity contribution >= 4 is 7.60 Å². The van der Waals surface area contributed by atoms with E-state index in [2.05, 4.69) is 4.52 Å². The normalized spacial score (nSPS) is 31.6. The molecule has 0 fully saturated rings. The van der Waals surface area contributed by atoms with E-state index in [-0.39, 0.29) is 6.16 Å². The molecule has 0 aliphatic heterocycles. The summed E-state index contributed by atoms with van der Waals surface area (Å²) < 4.78 is 15.6. The van der Waals surface area contributed by atoms with E-state index in [1.54, 1.807) is 18.2 Å². The lowest BCUT2D eigenvalue weighted by Gasteiger charge is -2.26. The smallest absolute Gasteiger partial charge is 0.331 e. The Morgan fingerprint density at radius 3 is 2.77 bits per heavy atom. The third-order valence-electron chi connectivity index (χ3n) is 1.88. The second-order valence-electron chi connectivity index (χ2n) is 3.07. The van der Waals surface area contributed by atoms with Gasteiger partial charge < -0.3 is 14.5 Å². The highest BCUT2D eigenvalue weighted by molar-refractivity contribution is 7.52. The van der Waals surface area contributed by atoms with Crippen molar-refractivity contribution in [3.05, 3.63) is 24.3 Å². The van der Waals surface area contributed by atoms with Crippen LogP contribution in [0.15, 0.2) is 24.3 Å². The van der Waals surface area contributed by atoms with E-state index in [4.69, 9.17) is 4.89 Å². The minimum atomic E-state index is -3.64. The minimum Gasteiger partial charge on any atom is -0.385 e. The Hall–Kier alpha value is -0.410. The average molecular weight is 204 g/mol. The number of hydrogen-bond acceptors (Lipinski definition) is 3. The number of allylic oxidation sites excluding steroid dienone is 2. The molecule has 1 aliphatic rings. The van der Waals surface area contributed by atoms with Gasteiger partial charge >= 0.3 is 7.60 Å². The van der Waals surface area contributed by atoms with Crippen LogP contribution in [0.25, 0.3) is 0 Å². The van der Waals surface area contributed by atoms with Crippen LogP contribution in [0.3, 0.4) is 0 Å². The molecule has 0 heterocycles. The number of hydrogen-bond donors (Lipinski definition) is 2. The van der Waals surface area contributed by atoms with E-state index in [0.717, 1.165) is 7.11 Å². The third-order valence-corrected chi connectivity index (χ3v) is 3.40. The van der Waals surface area contributed by atoms with Crippen LogP contribution in [-0.2, 0) is 9.09 Å². The maximum atomic E-state index is 11.2. The van der Waals surface area contributed by atoms with Crippen molar-refractivity contribution in [3.63, 3.8) is 0 Å². The van der Waals surface area contributed by atoms with Crippen molar-refractivity contribution in [2.75, 3.05) is 13.3 Å². The van der Waals surface area contributed by atoms with Crippen LogP contribution in [0.5, 0.6) is 0 Å². The molecular formula is C8H13O4P. The standard InChI is InChI=1S/C8H13O4P/c1-12-13(10,11)7-8(9)5-3-2-4-6-8/h2-5,9H,6-7H2,1H3,(H,10,11). The molecule has 1 aliphatic carbocycles. The summed E-state index contributed by atoms with van der Waals surface area (Å²) in [6.45, 7) is 0. The van der Waals surface area contributed by atoms with E-state index in [9.17, 15) is 9.67 Å². The van der Waals surface area contributed by atoms with Gasteiger partial charge in [0.15, 0.2) is 0 Å². The van der Waals surface area contributed by atoms with Gasteiger partial charge in [-0.15, -0.1) is 0 Å². The summed E-state index contributed by atoms with van der Waals surface area (Å²) in [5, 5.41) is 9.79. The van der Waals surface area contributed by atoms with Gasteiger partial charge in [0, 0.05) is 7.11 Å². The topological polar surface area (TPSA) is 66.8 Å². The van der Waals surface area contributed by atoms with E-state index in [1.807, 2.05) is 0 Å². The maximum Gasteiger partial charge on any atom is 0.331 e. The van der Waals surface area contributed by atoms with Gasteiger partial charge in [-0.3, -0.25) is 4.57 Å². The van der Waals surface area contributed by atoms with Crippen LogP contribution < -0.4 is 0 Å². The summed E-state index contributed by atoms with van der Waals surface area (Å²) in [7, 11) is -2.48. The Labute approximate surface area is 77.1 Å². The lowest BCUT2D eigenvalue weighted by Crippen LogP contribution is -2.31. The predicted molar refractivity (Wildman–Crippen MR) is 49.5 cm³/mol. The molecule has 0 aromatic heterocycles. The van der Waals surface area contributed by atoms with E-state index in [1.165, 1.54) is 6.08 Å².